The molecule has 0 aliphatic carbocycles. The molecule has 88 valence electrons. The van der Waals surface area contributed by atoms with Crippen LogP contribution in [0.4, 0.5) is 0 Å². The van der Waals surface area contributed by atoms with Crippen molar-refractivity contribution in [2.75, 3.05) is 13.1 Å². The molecule has 0 spiro atoms. The number of hydrogen-bond acceptors (Lipinski definition) is 3. The minimum absolute atomic E-state index is 0.0220. The van der Waals surface area contributed by atoms with Gasteiger partial charge in [-0.05, 0) is 56.0 Å². The lowest BCUT2D eigenvalue weighted by Crippen LogP contribution is -2.30. The Morgan fingerprint density at radius 2 is 2.19 bits per heavy atom. The van der Waals surface area contributed by atoms with E-state index in [0.29, 0.717) is 5.92 Å². The molecule has 0 radical (unpaired) electrons. The van der Waals surface area contributed by atoms with Crippen molar-refractivity contribution >= 4 is 15.9 Å². The number of rotatable bonds is 2. The average Bonchev–Trinajstić information content (AvgIpc) is 2.27. The Morgan fingerprint density at radius 3 is 2.88 bits per heavy atom. The van der Waals surface area contributed by atoms with Crippen molar-refractivity contribution in [1.82, 2.24) is 5.32 Å². The van der Waals surface area contributed by atoms with Gasteiger partial charge in [-0.1, -0.05) is 15.9 Å². The number of hydrogen-bond donors (Lipinski definition) is 3. The molecule has 3 nitrogen and oxygen atoms in total. The van der Waals surface area contributed by atoms with Gasteiger partial charge in [-0.25, -0.2) is 0 Å². The van der Waals surface area contributed by atoms with E-state index >= 15 is 0 Å². The van der Waals surface area contributed by atoms with Crippen molar-refractivity contribution in [3.63, 3.8) is 0 Å². The van der Waals surface area contributed by atoms with Gasteiger partial charge in [-0.15, -0.1) is 0 Å². The lowest BCUT2D eigenvalue weighted by Gasteiger charge is -2.23. The highest BCUT2D eigenvalue weighted by atomic mass is 79.9. The highest BCUT2D eigenvalue weighted by Crippen LogP contribution is 2.34. The maximum atomic E-state index is 9.76. The van der Waals surface area contributed by atoms with Gasteiger partial charge in [0.2, 0.25) is 0 Å². The summed E-state index contributed by atoms with van der Waals surface area (Å²) in [6.07, 6.45) is 3.18. The van der Waals surface area contributed by atoms with Gasteiger partial charge in [0.05, 0.1) is 0 Å². The monoisotopic (exact) mass is 285 g/mol. The van der Waals surface area contributed by atoms with Crippen LogP contribution in [0.2, 0.25) is 0 Å². The standard InChI is InChI=1S/C12H16BrNO2/c13-10-5-9(12(16)11(15)6-10)4-8-2-1-3-14-7-8/h5-6,8,14-16H,1-4,7H2. The first kappa shape index (κ1) is 11.7. The second-order valence-electron chi connectivity index (χ2n) is 4.35. The fourth-order valence-electron chi connectivity index (χ4n) is 2.20. The maximum Gasteiger partial charge on any atom is 0.160 e. The van der Waals surface area contributed by atoms with Gasteiger partial charge in [0, 0.05) is 4.47 Å². The smallest absolute Gasteiger partial charge is 0.160 e. The molecule has 0 saturated carbocycles. The fourth-order valence-corrected chi connectivity index (χ4v) is 2.70. The average molecular weight is 286 g/mol. The largest absolute Gasteiger partial charge is 0.504 e. The Kier molecular flexibility index (Phi) is 3.71. The molecule has 1 aromatic carbocycles. The Morgan fingerprint density at radius 1 is 1.38 bits per heavy atom. The summed E-state index contributed by atoms with van der Waals surface area (Å²) in [5, 5.41) is 22.6. The van der Waals surface area contributed by atoms with Crippen LogP contribution in [-0.2, 0) is 6.42 Å². The lowest BCUT2D eigenvalue weighted by molar-refractivity contribution is 0.362. The molecule has 0 bridgehead atoms. The summed E-state index contributed by atoms with van der Waals surface area (Å²) in [6.45, 7) is 2.08. The highest BCUT2D eigenvalue weighted by molar-refractivity contribution is 9.10. The van der Waals surface area contributed by atoms with Crippen molar-refractivity contribution in [1.29, 1.82) is 0 Å². The second kappa shape index (κ2) is 5.06. The van der Waals surface area contributed by atoms with Crippen molar-refractivity contribution in [3.8, 4) is 11.5 Å². The van der Waals surface area contributed by atoms with Crippen LogP contribution >= 0.6 is 15.9 Å². The second-order valence-corrected chi connectivity index (χ2v) is 5.26. The van der Waals surface area contributed by atoms with Gasteiger partial charge in [-0.2, -0.15) is 0 Å². The minimum atomic E-state index is -0.0480. The van der Waals surface area contributed by atoms with Crippen LogP contribution in [0, 0.1) is 5.92 Å². The third kappa shape index (κ3) is 2.68. The molecule has 0 amide bonds. The van der Waals surface area contributed by atoms with Crippen molar-refractivity contribution < 1.29 is 10.2 Å². The third-order valence-corrected chi connectivity index (χ3v) is 3.50. The highest BCUT2D eigenvalue weighted by Gasteiger charge is 2.17. The first-order valence-corrected chi connectivity index (χ1v) is 6.37. The molecule has 1 aliphatic heterocycles. The van der Waals surface area contributed by atoms with Gasteiger partial charge in [-0.3, -0.25) is 0 Å². The van der Waals surface area contributed by atoms with Gasteiger partial charge in [0.15, 0.2) is 11.5 Å². The SMILES string of the molecule is Oc1cc(Br)cc(CC2CCCNC2)c1O. The molecule has 1 fully saturated rings. The summed E-state index contributed by atoms with van der Waals surface area (Å²) < 4.78 is 0.807. The van der Waals surface area contributed by atoms with Gasteiger partial charge in [0.1, 0.15) is 0 Å². The minimum Gasteiger partial charge on any atom is -0.504 e. The van der Waals surface area contributed by atoms with Crippen molar-refractivity contribution in [2.24, 2.45) is 5.92 Å². The van der Waals surface area contributed by atoms with Crippen LogP contribution in [0.3, 0.4) is 0 Å². The summed E-state index contributed by atoms with van der Waals surface area (Å²) in [4.78, 5) is 0. The summed E-state index contributed by atoms with van der Waals surface area (Å²) in [7, 11) is 0. The van der Waals surface area contributed by atoms with Crippen LogP contribution in [0.15, 0.2) is 16.6 Å². The van der Waals surface area contributed by atoms with Crippen LogP contribution in [0.5, 0.6) is 11.5 Å². The topological polar surface area (TPSA) is 52.5 Å². The zero-order valence-electron chi connectivity index (χ0n) is 9.04. The molecule has 0 aromatic heterocycles. The fraction of sp³-hybridized carbons (Fsp3) is 0.500. The van der Waals surface area contributed by atoms with E-state index in [9.17, 15) is 10.2 Å². The molecule has 1 aromatic rings. The number of aromatic hydroxyl groups is 2. The number of phenolic OH excluding ortho intramolecular Hbond substituents is 2. The normalized spacial score (nSPS) is 20.9. The number of benzene rings is 1. The van der Waals surface area contributed by atoms with Gasteiger partial charge < -0.3 is 15.5 Å². The maximum absolute atomic E-state index is 9.76. The van der Waals surface area contributed by atoms with Crippen LogP contribution in [-0.4, -0.2) is 23.3 Å². The van der Waals surface area contributed by atoms with E-state index in [1.54, 1.807) is 0 Å². The number of phenols is 2. The van der Waals surface area contributed by atoms with Crippen LogP contribution in [0.1, 0.15) is 18.4 Å². The molecular weight excluding hydrogens is 270 g/mol. The molecular formula is C12H16BrNO2. The molecule has 4 heteroatoms. The van der Waals surface area contributed by atoms with E-state index in [1.165, 1.54) is 18.9 Å². The zero-order chi connectivity index (χ0) is 11.5. The van der Waals surface area contributed by atoms with E-state index < -0.39 is 0 Å². The molecule has 1 heterocycles. The van der Waals surface area contributed by atoms with E-state index in [0.717, 1.165) is 29.5 Å². The zero-order valence-corrected chi connectivity index (χ0v) is 10.6. The molecule has 1 saturated heterocycles. The van der Waals surface area contributed by atoms with E-state index in [1.807, 2.05) is 6.07 Å². The number of nitrogens with one attached hydrogen (secondary N) is 1. The third-order valence-electron chi connectivity index (χ3n) is 3.04. The molecule has 1 aliphatic rings. The first-order valence-electron chi connectivity index (χ1n) is 5.58. The quantitative estimate of drug-likeness (QED) is 0.732. The van der Waals surface area contributed by atoms with E-state index in [-0.39, 0.29) is 11.5 Å². The Hall–Kier alpha value is -0.740. The van der Waals surface area contributed by atoms with E-state index in [4.69, 9.17) is 0 Å². The summed E-state index contributed by atoms with van der Waals surface area (Å²) in [6, 6.07) is 3.39. The Balaban J connectivity index is 2.13. The van der Waals surface area contributed by atoms with Gasteiger partial charge >= 0.3 is 0 Å². The lowest BCUT2D eigenvalue weighted by atomic mass is 9.92. The summed E-state index contributed by atoms with van der Waals surface area (Å²) >= 11 is 3.33. The first-order chi connectivity index (χ1) is 7.66. The molecule has 2 rings (SSSR count). The molecule has 16 heavy (non-hydrogen) atoms. The Bertz CT molecular complexity index is 376. The number of piperidine rings is 1. The number of halogens is 1. The van der Waals surface area contributed by atoms with Gasteiger partial charge in [0.25, 0.3) is 0 Å². The molecule has 3 N–H and O–H groups in total. The van der Waals surface area contributed by atoms with Crippen LogP contribution in [0.25, 0.3) is 0 Å². The molecule has 1 atom stereocenters. The summed E-state index contributed by atoms with van der Waals surface area (Å²) in [5.74, 6) is 0.523. The van der Waals surface area contributed by atoms with E-state index in [2.05, 4.69) is 21.2 Å². The Labute approximate surface area is 104 Å². The van der Waals surface area contributed by atoms with Crippen molar-refractivity contribution in [3.05, 3.63) is 22.2 Å². The van der Waals surface area contributed by atoms with Crippen molar-refractivity contribution in [2.45, 2.75) is 19.3 Å². The predicted molar refractivity (Wildman–Crippen MR) is 66.8 cm³/mol. The summed E-state index contributed by atoms with van der Waals surface area (Å²) in [5.41, 5.74) is 0.820. The molecule has 1 unspecified atom stereocenters. The van der Waals surface area contributed by atoms with Crippen LogP contribution < -0.4 is 5.32 Å². The predicted octanol–water partition coefficient (Wildman–Crippen LogP) is 2.40.